The lowest BCUT2D eigenvalue weighted by Gasteiger charge is -2.18. The minimum atomic E-state index is 0.166. The SMILES string of the molecule is C=Cc1ccc(-c2cnc(-c3ccc(C(C)(C)C)cc3)[nH]2)cc1. The van der Waals surface area contributed by atoms with Crippen molar-refractivity contribution in [2.24, 2.45) is 0 Å². The fourth-order valence-corrected chi connectivity index (χ4v) is 2.54. The molecule has 1 N–H and O–H groups in total. The molecule has 1 heterocycles. The molecule has 23 heavy (non-hydrogen) atoms. The lowest BCUT2D eigenvalue weighted by molar-refractivity contribution is 0.590. The van der Waals surface area contributed by atoms with E-state index in [9.17, 15) is 0 Å². The molecular formula is C21H22N2. The number of rotatable bonds is 3. The molecule has 0 aliphatic carbocycles. The van der Waals surface area contributed by atoms with Gasteiger partial charge in [0.1, 0.15) is 5.82 Å². The van der Waals surface area contributed by atoms with E-state index in [1.54, 1.807) is 0 Å². The van der Waals surface area contributed by atoms with Crippen LogP contribution in [0.1, 0.15) is 31.9 Å². The van der Waals surface area contributed by atoms with Gasteiger partial charge in [-0.3, -0.25) is 0 Å². The number of aromatic amines is 1. The van der Waals surface area contributed by atoms with Crippen molar-refractivity contribution in [1.29, 1.82) is 0 Å². The molecule has 0 radical (unpaired) electrons. The lowest BCUT2D eigenvalue weighted by Crippen LogP contribution is -2.10. The van der Waals surface area contributed by atoms with Crippen LogP contribution >= 0.6 is 0 Å². The van der Waals surface area contributed by atoms with Gasteiger partial charge in [-0.25, -0.2) is 4.98 Å². The molecular weight excluding hydrogens is 280 g/mol. The number of nitrogens with one attached hydrogen (secondary N) is 1. The van der Waals surface area contributed by atoms with Gasteiger partial charge in [-0.2, -0.15) is 0 Å². The van der Waals surface area contributed by atoms with Crippen LogP contribution in [0.3, 0.4) is 0 Å². The number of hydrogen-bond donors (Lipinski definition) is 1. The van der Waals surface area contributed by atoms with E-state index in [0.717, 1.165) is 28.2 Å². The molecule has 0 bridgehead atoms. The zero-order chi connectivity index (χ0) is 16.4. The van der Waals surface area contributed by atoms with Crippen LogP contribution in [-0.2, 0) is 5.41 Å². The first kappa shape index (κ1) is 15.3. The van der Waals surface area contributed by atoms with Crippen molar-refractivity contribution in [3.8, 4) is 22.6 Å². The highest BCUT2D eigenvalue weighted by Crippen LogP contribution is 2.26. The Bertz CT molecular complexity index is 800. The van der Waals surface area contributed by atoms with Crippen LogP contribution in [0.25, 0.3) is 28.7 Å². The first-order chi connectivity index (χ1) is 11.0. The van der Waals surface area contributed by atoms with Crippen molar-refractivity contribution in [2.45, 2.75) is 26.2 Å². The second kappa shape index (κ2) is 5.88. The average molecular weight is 302 g/mol. The Labute approximate surface area is 137 Å². The van der Waals surface area contributed by atoms with E-state index in [4.69, 9.17) is 0 Å². The maximum Gasteiger partial charge on any atom is 0.137 e. The van der Waals surface area contributed by atoms with Gasteiger partial charge < -0.3 is 4.98 Å². The molecule has 0 aliphatic heterocycles. The molecule has 116 valence electrons. The minimum absolute atomic E-state index is 0.166. The third kappa shape index (κ3) is 3.26. The summed E-state index contributed by atoms with van der Waals surface area (Å²) in [4.78, 5) is 7.93. The summed E-state index contributed by atoms with van der Waals surface area (Å²) < 4.78 is 0. The number of nitrogens with zero attached hydrogens (tertiary/aromatic N) is 1. The topological polar surface area (TPSA) is 28.7 Å². The normalized spacial score (nSPS) is 11.4. The molecule has 0 saturated carbocycles. The van der Waals surface area contributed by atoms with E-state index in [2.05, 4.69) is 85.8 Å². The molecule has 1 aromatic heterocycles. The van der Waals surface area contributed by atoms with Crippen LogP contribution in [0.15, 0.2) is 61.3 Å². The predicted molar refractivity (Wildman–Crippen MR) is 98.3 cm³/mol. The van der Waals surface area contributed by atoms with Crippen LogP contribution in [0, 0.1) is 0 Å². The number of H-pyrrole nitrogens is 1. The first-order valence-corrected chi connectivity index (χ1v) is 7.86. The van der Waals surface area contributed by atoms with Gasteiger partial charge >= 0.3 is 0 Å². The quantitative estimate of drug-likeness (QED) is 0.662. The van der Waals surface area contributed by atoms with Crippen LogP contribution < -0.4 is 0 Å². The van der Waals surface area contributed by atoms with Gasteiger partial charge in [0.15, 0.2) is 0 Å². The first-order valence-electron chi connectivity index (χ1n) is 7.86. The fraction of sp³-hybridized carbons (Fsp3) is 0.190. The van der Waals surface area contributed by atoms with Gasteiger partial charge in [-0.1, -0.05) is 82.0 Å². The monoisotopic (exact) mass is 302 g/mol. The molecule has 0 spiro atoms. The summed E-state index contributed by atoms with van der Waals surface area (Å²) in [5.74, 6) is 0.897. The molecule has 3 aromatic rings. The van der Waals surface area contributed by atoms with Crippen molar-refractivity contribution in [2.75, 3.05) is 0 Å². The fourth-order valence-electron chi connectivity index (χ4n) is 2.54. The zero-order valence-electron chi connectivity index (χ0n) is 13.9. The van der Waals surface area contributed by atoms with Crippen LogP contribution in [0.5, 0.6) is 0 Å². The maximum atomic E-state index is 4.52. The number of hydrogen-bond acceptors (Lipinski definition) is 1. The maximum absolute atomic E-state index is 4.52. The van der Waals surface area contributed by atoms with Gasteiger partial charge in [0.25, 0.3) is 0 Å². The second-order valence-electron chi connectivity index (χ2n) is 6.80. The van der Waals surface area contributed by atoms with E-state index in [1.165, 1.54) is 5.56 Å². The Morgan fingerprint density at radius 1 is 0.913 bits per heavy atom. The Balaban J connectivity index is 1.87. The van der Waals surface area contributed by atoms with E-state index in [1.807, 2.05) is 12.3 Å². The molecule has 0 atom stereocenters. The second-order valence-corrected chi connectivity index (χ2v) is 6.80. The number of aromatic nitrogens is 2. The minimum Gasteiger partial charge on any atom is -0.338 e. The summed E-state index contributed by atoms with van der Waals surface area (Å²) in [5.41, 5.74) is 5.86. The highest BCUT2D eigenvalue weighted by molar-refractivity contribution is 5.66. The van der Waals surface area contributed by atoms with Crippen molar-refractivity contribution in [1.82, 2.24) is 9.97 Å². The molecule has 2 nitrogen and oxygen atoms in total. The van der Waals surface area contributed by atoms with Crippen molar-refractivity contribution < 1.29 is 0 Å². The Morgan fingerprint density at radius 3 is 2.09 bits per heavy atom. The molecule has 2 heteroatoms. The summed E-state index contributed by atoms with van der Waals surface area (Å²) in [5, 5.41) is 0. The smallest absolute Gasteiger partial charge is 0.137 e. The molecule has 2 aromatic carbocycles. The van der Waals surface area contributed by atoms with Crippen LogP contribution in [0.4, 0.5) is 0 Å². The van der Waals surface area contributed by atoms with Gasteiger partial charge in [0.05, 0.1) is 11.9 Å². The van der Waals surface area contributed by atoms with Gasteiger partial charge in [-0.05, 0) is 22.1 Å². The molecule has 0 amide bonds. The highest BCUT2D eigenvalue weighted by Gasteiger charge is 2.13. The summed E-state index contributed by atoms with van der Waals surface area (Å²) in [7, 11) is 0. The molecule has 0 saturated heterocycles. The van der Waals surface area contributed by atoms with E-state index >= 15 is 0 Å². The average Bonchev–Trinajstić information content (AvgIpc) is 3.04. The van der Waals surface area contributed by atoms with Crippen LogP contribution in [0.2, 0.25) is 0 Å². The van der Waals surface area contributed by atoms with Gasteiger partial charge in [0, 0.05) is 5.56 Å². The van der Waals surface area contributed by atoms with Crippen molar-refractivity contribution in [3.63, 3.8) is 0 Å². The Morgan fingerprint density at radius 2 is 1.52 bits per heavy atom. The number of benzene rings is 2. The molecule has 0 fully saturated rings. The summed E-state index contributed by atoms with van der Waals surface area (Å²) in [6.07, 6.45) is 3.73. The van der Waals surface area contributed by atoms with Gasteiger partial charge in [0.2, 0.25) is 0 Å². The lowest BCUT2D eigenvalue weighted by atomic mass is 9.87. The van der Waals surface area contributed by atoms with E-state index in [-0.39, 0.29) is 5.41 Å². The third-order valence-corrected chi connectivity index (χ3v) is 4.06. The van der Waals surface area contributed by atoms with E-state index in [0.29, 0.717) is 0 Å². The van der Waals surface area contributed by atoms with E-state index < -0.39 is 0 Å². The third-order valence-electron chi connectivity index (χ3n) is 4.06. The summed E-state index contributed by atoms with van der Waals surface area (Å²) in [6, 6.07) is 16.9. The Hall–Kier alpha value is -2.61. The predicted octanol–water partition coefficient (Wildman–Crippen LogP) is 5.68. The van der Waals surface area contributed by atoms with Crippen molar-refractivity contribution in [3.05, 3.63) is 72.4 Å². The summed E-state index contributed by atoms with van der Waals surface area (Å²) >= 11 is 0. The molecule has 0 unspecified atom stereocenters. The van der Waals surface area contributed by atoms with Crippen LogP contribution in [-0.4, -0.2) is 9.97 Å². The summed E-state index contributed by atoms with van der Waals surface area (Å²) in [6.45, 7) is 10.4. The number of imidazole rings is 1. The Kier molecular flexibility index (Phi) is 3.91. The van der Waals surface area contributed by atoms with Gasteiger partial charge in [-0.15, -0.1) is 0 Å². The zero-order valence-corrected chi connectivity index (χ0v) is 13.9. The van der Waals surface area contributed by atoms with Crippen molar-refractivity contribution >= 4 is 6.08 Å². The molecule has 0 aliphatic rings. The largest absolute Gasteiger partial charge is 0.338 e. The standard InChI is InChI=1S/C21H22N2/c1-5-15-6-8-16(9-7-15)19-14-22-20(23-19)17-10-12-18(13-11-17)21(2,3)4/h5-14H,1H2,2-4H3,(H,22,23). The highest BCUT2D eigenvalue weighted by atomic mass is 14.9. The molecule has 3 rings (SSSR count).